The van der Waals surface area contributed by atoms with Crippen LogP contribution in [0.15, 0.2) is 17.3 Å². The third-order valence-corrected chi connectivity index (χ3v) is 4.45. The molecule has 9 heteroatoms. The minimum absolute atomic E-state index is 0.195. The molecule has 23 heavy (non-hydrogen) atoms. The normalized spacial score (nSPS) is 10.5. The van der Waals surface area contributed by atoms with Crippen molar-refractivity contribution in [3.63, 3.8) is 0 Å². The second-order valence-electron chi connectivity index (χ2n) is 4.61. The lowest BCUT2D eigenvalue weighted by Gasteiger charge is -2.13. The summed E-state index contributed by atoms with van der Waals surface area (Å²) in [4.78, 5) is 12.1. The zero-order valence-electron chi connectivity index (χ0n) is 13.2. The van der Waals surface area contributed by atoms with Gasteiger partial charge in [0.15, 0.2) is 5.16 Å². The van der Waals surface area contributed by atoms with Gasteiger partial charge >= 0.3 is 0 Å². The summed E-state index contributed by atoms with van der Waals surface area (Å²) < 4.78 is 12.2. The number of hydrogen-bond donors (Lipinski definition) is 1. The van der Waals surface area contributed by atoms with Crippen molar-refractivity contribution in [2.75, 3.05) is 25.3 Å². The minimum atomic E-state index is -0.196. The SMILES string of the molecule is COc1cc(NC(=O)CSc2nnc(C)n2C)c(OC)cc1Cl. The lowest BCUT2D eigenvalue weighted by molar-refractivity contribution is -0.113. The van der Waals surface area contributed by atoms with Crippen molar-refractivity contribution in [1.29, 1.82) is 0 Å². The first-order valence-electron chi connectivity index (χ1n) is 6.66. The Kier molecular flexibility index (Phi) is 5.73. The number of nitrogens with one attached hydrogen (secondary N) is 1. The molecule has 0 bridgehead atoms. The number of carbonyl (C=O) groups is 1. The van der Waals surface area contributed by atoms with E-state index in [1.807, 2.05) is 18.5 Å². The van der Waals surface area contributed by atoms with E-state index < -0.39 is 0 Å². The highest BCUT2D eigenvalue weighted by Crippen LogP contribution is 2.35. The van der Waals surface area contributed by atoms with Gasteiger partial charge in [0.2, 0.25) is 5.91 Å². The van der Waals surface area contributed by atoms with E-state index >= 15 is 0 Å². The number of benzene rings is 1. The molecular formula is C14H17ClN4O3S. The van der Waals surface area contributed by atoms with E-state index in [0.29, 0.717) is 27.4 Å². The van der Waals surface area contributed by atoms with Gasteiger partial charge in [-0.15, -0.1) is 10.2 Å². The Labute approximate surface area is 143 Å². The maximum atomic E-state index is 12.1. The van der Waals surface area contributed by atoms with Gasteiger partial charge in [0, 0.05) is 19.2 Å². The van der Waals surface area contributed by atoms with Crippen LogP contribution in [0.3, 0.4) is 0 Å². The number of hydrogen-bond acceptors (Lipinski definition) is 6. The second-order valence-corrected chi connectivity index (χ2v) is 5.96. The number of thioether (sulfide) groups is 1. The number of halogens is 1. The summed E-state index contributed by atoms with van der Waals surface area (Å²) in [6.07, 6.45) is 0. The highest BCUT2D eigenvalue weighted by molar-refractivity contribution is 7.99. The Morgan fingerprint density at radius 3 is 2.57 bits per heavy atom. The van der Waals surface area contributed by atoms with Crippen molar-refractivity contribution in [2.24, 2.45) is 7.05 Å². The van der Waals surface area contributed by atoms with Crippen LogP contribution in [0.2, 0.25) is 5.02 Å². The number of amides is 1. The summed E-state index contributed by atoms with van der Waals surface area (Å²) in [5, 5.41) is 11.8. The molecule has 2 rings (SSSR count). The molecule has 0 spiro atoms. The van der Waals surface area contributed by atoms with Gasteiger partial charge in [-0.25, -0.2) is 0 Å². The Hall–Kier alpha value is -1.93. The Morgan fingerprint density at radius 1 is 1.30 bits per heavy atom. The summed E-state index contributed by atoms with van der Waals surface area (Å²) in [5.74, 6) is 1.71. The van der Waals surface area contributed by atoms with E-state index in [1.54, 1.807) is 12.1 Å². The smallest absolute Gasteiger partial charge is 0.234 e. The molecule has 0 fully saturated rings. The molecule has 1 amide bonds. The highest BCUT2D eigenvalue weighted by atomic mass is 35.5. The van der Waals surface area contributed by atoms with Crippen LogP contribution < -0.4 is 14.8 Å². The molecule has 1 heterocycles. The predicted octanol–water partition coefficient (Wildman–Crippen LogP) is 2.52. The topological polar surface area (TPSA) is 78.3 Å². The van der Waals surface area contributed by atoms with Crippen molar-refractivity contribution < 1.29 is 14.3 Å². The summed E-state index contributed by atoms with van der Waals surface area (Å²) >= 11 is 7.34. The predicted molar refractivity (Wildman–Crippen MR) is 89.6 cm³/mol. The van der Waals surface area contributed by atoms with Gasteiger partial charge in [-0.05, 0) is 6.92 Å². The zero-order chi connectivity index (χ0) is 17.0. The maximum absolute atomic E-state index is 12.1. The van der Waals surface area contributed by atoms with Crippen LogP contribution in [0, 0.1) is 6.92 Å². The molecule has 0 radical (unpaired) electrons. The number of rotatable bonds is 6. The maximum Gasteiger partial charge on any atom is 0.234 e. The quantitative estimate of drug-likeness (QED) is 0.801. The summed E-state index contributed by atoms with van der Waals surface area (Å²) in [7, 11) is 4.86. The van der Waals surface area contributed by atoms with Crippen LogP contribution in [-0.2, 0) is 11.8 Å². The monoisotopic (exact) mass is 356 g/mol. The minimum Gasteiger partial charge on any atom is -0.495 e. The first kappa shape index (κ1) is 17.4. The van der Waals surface area contributed by atoms with Crippen LogP contribution in [0.5, 0.6) is 11.5 Å². The summed E-state index contributed by atoms with van der Waals surface area (Å²) in [5.41, 5.74) is 0.494. The van der Waals surface area contributed by atoms with Gasteiger partial charge in [0.05, 0.1) is 30.7 Å². The Morgan fingerprint density at radius 2 is 2.00 bits per heavy atom. The molecule has 2 aromatic rings. The van der Waals surface area contributed by atoms with E-state index in [9.17, 15) is 4.79 Å². The molecule has 124 valence electrons. The largest absolute Gasteiger partial charge is 0.495 e. The number of carbonyl (C=O) groups excluding carboxylic acids is 1. The average molecular weight is 357 g/mol. The molecule has 7 nitrogen and oxygen atoms in total. The fourth-order valence-corrected chi connectivity index (χ4v) is 2.78. The van der Waals surface area contributed by atoms with Gasteiger partial charge < -0.3 is 19.4 Å². The molecule has 0 aliphatic rings. The van der Waals surface area contributed by atoms with Crippen molar-refractivity contribution in [3.8, 4) is 11.5 Å². The Balaban J connectivity index is 2.06. The van der Waals surface area contributed by atoms with Crippen LogP contribution in [0.1, 0.15) is 5.82 Å². The first-order chi connectivity index (χ1) is 11.0. The molecule has 0 aliphatic carbocycles. The molecule has 0 atom stereocenters. The second kappa shape index (κ2) is 7.56. The van der Waals surface area contributed by atoms with Crippen LogP contribution in [0.25, 0.3) is 0 Å². The standard InChI is InChI=1S/C14H17ClN4O3S/c1-8-17-18-14(19(8)2)23-7-13(20)16-10-6-11(21-3)9(15)5-12(10)22-4/h5-6H,7H2,1-4H3,(H,16,20). The van der Waals surface area contributed by atoms with Crippen molar-refractivity contribution in [1.82, 2.24) is 14.8 Å². The van der Waals surface area contributed by atoms with Crippen LogP contribution >= 0.6 is 23.4 Å². The molecule has 1 aromatic heterocycles. The van der Waals surface area contributed by atoms with Gasteiger partial charge in [-0.3, -0.25) is 4.79 Å². The van der Waals surface area contributed by atoms with Crippen LogP contribution in [-0.4, -0.2) is 40.6 Å². The zero-order valence-corrected chi connectivity index (χ0v) is 14.8. The average Bonchev–Trinajstić information content (AvgIpc) is 2.85. The molecule has 0 unspecified atom stereocenters. The van der Waals surface area contributed by atoms with Crippen molar-refractivity contribution >= 4 is 35.0 Å². The van der Waals surface area contributed by atoms with E-state index in [0.717, 1.165) is 5.82 Å². The van der Waals surface area contributed by atoms with Crippen molar-refractivity contribution in [2.45, 2.75) is 12.1 Å². The lowest BCUT2D eigenvalue weighted by Crippen LogP contribution is -2.15. The molecule has 0 aliphatic heterocycles. The summed E-state index contributed by atoms with van der Waals surface area (Å²) in [6.45, 7) is 1.85. The van der Waals surface area contributed by atoms with Gasteiger partial charge in [-0.1, -0.05) is 23.4 Å². The van der Waals surface area contributed by atoms with Gasteiger partial charge in [0.25, 0.3) is 0 Å². The summed E-state index contributed by atoms with van der Waals surface area (Å²) in [6, 6.07) is 3.21. The van der Waals surface area contributed by atoms with Crippen molar-refractivity contribution in [3.05, 3.63) is 23.0 Å². The van der Waals surface area contributed by atoms with E-state index in [4.69, 9.17) is 21.1 Å². The third-order valence-electron chi connectivity index (χ3n) is 3.13. The fourth-order valence-electron chi connectivity index (χ4n) is 1.79. The number of methoxy groups -OCH3 is 2. The first-order valence-corrected chi connectivity index (χ1v) is 8.02. The number of aryl methyl sites for hydroxylation is 1. The highest BCUT2D eigenvalue weighted by Gasteiger charge is 2.14. The lowest BCUT2D eigenvalue weighted by atomic mass is 10.2. The van der Waals surface area contributed by atoms with E-state index in [-0.39, 0.29) is 11.7 Å². The molecule has 0 saturated carbocycles. The fraction of sp³-hybridized carbons (Fsp3) is 0.357. The van der Waals surface area contributed by atoms with E-state index in [1.165, 1.54) is 26.0 Å². The number of nitrogens with zero attached hydrogens (tertiary/aromatic N) is 3. The van der Waals surface area contributed by atoms with E-state index in [2.05, 4.69) is 15.5 Å². The molecule has 1 aromatic carbocycles. The molecule has 0 saturated heterocycles. The van der Waals surface area contributed by atoms with Gasteiger partial charge in [-0.2, -0.15) is 0 Å². The third kappa shape index (κ3) is 4.08. The number of anilines is 1. The van der Waals surface area contributed by atoms with Gasteiger partial charge in [0.1, 0.15) is 17.3 Å². The molecular weight excluding hydrogens is 340 g/mol. The number of aromatic nitrogens is 3. The Bertz CT molecular complexity index is 720. The van der Waals surface area contributed by atoms with Crippen LogP contribution in [0.4, 0.5) is 5.69 Å². The molecule has 1 N–H and O–H groups in total. The number of ether oxygens (including phenoxy) is 2.